The fourth-order valence-corrected chi connectivity index (χ4v) is 1.90. The van der Waals surface area contributed by atoms with Crippen LogP contribution in [0, 0.1) is 0 Å². The number of nitrogens with two attached hydrogens (primary N) is 1. The third kappa shape index (κ3) is 2.60. The van der Waals surface area contributed by atoms with Crippen LogP contribution >= 0.6 is 12.2 Å². The van der Waals surface area contributed by atoms with Gasteiger partial charge in [-0.1, -0.05) is 18.2 Å². The van der Waals surface area contributed by atoms with Gasteiger partial charge in [0.25, 0.3) is 0 Å². The second kappa shape index (κ2) is 4.93. The van der Waals surface area contributed by atoms with Crippen molar-refractivity contribution in [2.75, 3.05) is 4.90 Å². The summed E-state index contributed by atoms with van der Waals surface area (Å²) in [7, 11) is 1.96. The number of para-hydroxylation sites is 1. The molecule has 0 aliphatic carbocycles. The van der Waals surface area contributed by atoms with Gasteiger partial charge in [-0.05, 0) is 30.4 Å². The lowest BCUT2D eigenvalue weighted by Gasteiger charge is -2.21. The van der Waals surface area contributed by atoms with Gasteiger partial charge >= 0.3 is 0 Å². The number of thiocarbonyl (C=S) groups is 1. The standard InChI is InChI=1S/C13H13N3S/c1-15-9-5-8-12(10-15)16(13(14)17)11-6-3-2-4-7-11/h2-10H,1H3,(H-,14,17)/p+1. The summed E-state index contributed by atoms with van der Waals surface area (Å²) in [5.41, 5.74) is 7.72. The Morgan fingerprint density at radius 3 is 2.35 bits per heavy atom. The van der Waals surface area contributed by atoms with Crippen LogP contribution in [0.5, 0.6) is 0 Å². The van der Waals surface area contributed by atoms with Crippen molar-refractivity contribution in [3.63, 3.8) is 0 Å². The molecule has 3 nitrogen and oxygen atoms in total. The van der Waals surface area contributed by atoms with Gasteiger partial charge in [0, 0.05) is 11.8 Å². The molecule has 17 heavy (non-hydrogen) atoms. The van der Waals surface area contributed by atoms with Crippen LogP contribution in [0.3, 0.4) is 0 Å². The normalized spacial score (nSPS) is 9.94. The molecule has 2 aromatic rings. The summed E-state index contributed by atoms with van der Waals surface area (Å²) in [5.74, 6) is 0. The van der Waals surface area contributed by atoms with Crippen LogP contribution in [-0.2, 0) is 7.05 Å². The maximum atomic E-state index is 5.80. The Bertz CT molecular complexity index is 525. The maximum absolute atomic E-state index is 5.80. The van der Waals surface area contributed by atoms with Crippen LogP contribution in [0.1, 0.15) is 0 Å². The van der Waals surface area contributed by atoms with Crippen LogP contribution in [0.15, 0.2) is 54.9 Å². The average Bonchev–Trinajstić information content (AvgIpc) is 2.30. The average molecular weight is 244 g/mol. The lowest BCUT2D eigenvalue weighted by atomic mass is 10.2. The highest BCUT2D eigenvalue weighted by Gasteiger charge is 2.13. The molecule has 1 heterocycles. The fraction of sp³-hybridized carbons (Fsp3) is 0.0769. The van der Waals surface area contributed by atoms with Crippen molar-refractivity contribution in [1.29, 1.82) is 0 Å². The molecule has 0 amide bonds. The first kappa shape index (κ1) is 11.5. The van der Waals surface area contributed by atoms with Crippen molar-refractivity contribution in [3.05, 3.63) is 54.9 Å². The molecule has 86 valence electrons. The summed E-state index contributed by atoms with van der Waals surface area (Å²) in [6.07, 6.45) is 3.94. The van der Waals surface area contributed by atoms with Gasteiger partial charge in [-0.15, -0.1) is 0 Å². The summed E-state index contributed by atoms with van der Waals surface area (Å²) in [4.78, 5) is 1.84. The minimum absolute atomic E-state index is 0.336. The lowest BCUT2D eigenvalue weighted by molar-refractivity contribution is -0.670. The van der Waals surface area contributed by atoms with E-state index in [2.05, 4.69) is 0 Å². The molecule has 1 aromatic heterocycles. The number of pyridine rings is 1. The van der Waals surface area contributed by atoms with Gasteiger partial charge in [-0.2, -0.15) is 0 Å². The highest BCUT2D eigenvalue weighted by atomic mass is 32.1. The van der Waals surface area contributed by atoms with E-state index in [0.717, 1.165) is 11.4 Å². The van der Waals surface area contributed by atoms with E-state index >= 15 is 0 Å². The van der Waals surface area contributed by atoms with Crippen LogP contribution in [-0.4, -0.2) is 5.11 Å². The summed E-state index contributed by atoms with van der Waals surface area (Å²) in [5, 5.41) is 0.336. The third-order valence-corrected chi connectivity index (χ3v) is 2.60. The van der Waals surface area contributed by atoms with E-state index < -0.39 is 0 Å². The molecular weight excluding hydrogens is 230 g/mol. The van der Waals surface area contributed by atoms with E-state index in [9.17, 15) is 0 Å². The quantitative estimate of drug-likeness (QED) is 0.647. The zero-order chi connectivity index (χ0) is 12.3. The number of hydrogen-bond donors (Lipinski definition) is 1. The highest BCUT2D eigenvalue weighted by Crippen LogP contribution is 2.23. The summed E-state index contributed by atoms with van der Waals surface area (Å²) in [6.45, 7) is 0. The van der Waals surface area contributed by atoms with E-state index in [1.807, 2.05) is 71.4 Å². The minimum atomic E-state index is 0.336. The van der Waals surface area contributed by atoms with Crippen LogP contribution in [0.2, 0.25) is 0 Å². The SMILES string of the molecule is C[n+]1cccc(N(C(N)=S)c2ccccc2)c1. The van der Waals surface area contributed by atoms with Crippen LogP contribution in [0.25, 0.3) is 0 Å². The number of hydrogen-bond acceptors (Lipinski definition) is 1. The van der Waals surface area contributed by atoms with E-state index in [1.165, 1.54) is 0 Å². The predicted octanol–water partition coefficient (Wildman–Crippen LogP) is 1.89. The van der Waals surface area contributed by atoms with Crippen molar-refractivity contribution < 1.29 is 4.57 Å². The number of benzene rings is 1. The Morgan fingerprint density at radius 1 is 1.12 bits per heavy atom. The second-order valence-electron chi connectivity index (χ2n) is 3.74. The Hall–Kier alpha value is -1.94. The predicted molar refractivity (Wildman–Crippen MR) is 73.0 cm³/mol. The summed E-state index contributed by atoms with van der Waals surface area (Å²) in [6, 6.07) is 13.8. The highest BCUT2D eigenvalue weighted by molar-refractivity contribution is 7.80. The van der Waals surface area contributed by atoms with E-state index in [-0.39, 0.29) is 0 Å². The van der Waals surface area contributed by atoms with Crippen LogP contribution < -0.4 is 15.2 Å². The zero-order valence-corrected chi connectivity index (χ0v) is 10.4. The molecular formula is C13H14N3S+. The molecule has 0 aliphatic heterocycles. The van der Waals surface area contributed by atoms with E-state index in [1.54, 1.807) is 0 Å². The monoisotopic (exact) mass is 244 g/mol. The Kier molecular flexibility index (Phi) is 3.35. The van der Waals surface area contributed by atoms with Gasteiger partial charge in [0.05, 0.1) is 0 Å². The molecule has 4 heteroatoms. The molecule has 0 atom stereocenters. The number of aryl methyl sites for hydroxylation is 1. The lowest BCUT2D eigenvalue weighted by Crippen LogP contribution is -2.34. The zero-order valence-electron chi connectivity index (χ0n) is 9.58. The van der Waals surface area contributed by atoms with E-state index in [4.69, 9.17) is 18.0 Å². The third-order valence-electron chi connectivity index (χ3n) is 2.42. The minimum Gasteiger partial charge on any atom is -0.376 e. The van der Waals surface area contributed by atoms with Gasteiger partial charge in [-0.3, -0.25) is 4.90 Å². The van der Waals surface area contributed by atoms with Crippen LogP contribution in [0.4, 0.5) is 11.4 Å². The summed E-state index contributed by atoms with van der Waals surface area (Å²) >= 11 is 5.12. The molecule has 2 N–H and O–H groups in total. The topological polar surface area (TPSA) is 33.1 Å². The van der Waals surface area contributed by atoms with Crippen molar-refractivity contribution in [2.24, 2.45) is 12.8 Å². The second-order valence-corrected chi connectivity index (χ2v) is 4.16. The Balaban J connectivity index is 2.47. The van der Waals surface area contributed by atoms with Gasteiger partial charge in [-0.25, -0.2) is 4.57 Å². The molecule has 0 saturated heterocycles. The Labute approximate surface area is 106 Å². The van der Waals surface area contributed by atoms with Gasteiger partial charge in [0.2, 0.25) is 0 Å². The fourth-order valence-electron chi connectivity index (χ4n) is 1.68. The van der Waals surface area contributed by atoms with Gasteiger partial charge < -0.3 is 5.73 Å². The van der Waals surface area contributed by atoms with Crippen molar-refractivity contribution in [1.82, 2.24) is 0 Å². The molecule has 0 saturated carbocycles. The molecule has 0 fully saturated rings. The molecule has 0 bridgehead atoms. The molecule has 0 spiro atoms. The number of anilines is 2. The molecule has 0 radical (unpaired) electrons. The maximum Gasteiger partial charge on any atom is 0.192 e. The van der Waals surface area contributed by atoms with Crippen molar-refractivity contribution in [3.8, 4) is 0 Å². The first-order valence-electron chi connectivity index (χ1n) is 5.28. The number of aromatic nitrogens is 1. The molecule has 1 aromatic carbocycles. The molecule has 0 unspecified atom stereocenters. The molecule has 2 rings (SSSR count). The first-order valence-corrected chi connectivity index (χ1v) is 5.69. The molecule has 0 aliphatic rings. The first-order chi connectivity index (χ1) is 8.18. The van der Waals surface area contributed by atoms with Crippen molar-refractivity contribution >= 4 is 28.7 Å². The smallest absolute Gasteiger partial charge is 0.192 e. The van der Waals surface area contributed by atoms with Crippen molar-refractivity contribution in [2.45, 2.75) is 0 Å². The van der Waals surface area contributed by atoms with Gasteiger partial charge in [0.15, 0.2) is 17.5 Å². The summed E-state index contributed by atoms with van der Waals surface area (Å²) < 4.78 is 1.96. The largest absolute Gasteiger partial charge is 0.376 e. The number of nitrogens with zero attached hydrogens (tertiary/aromatic N) is 2. The Morgan fingerprint density at radius 2 is 1.76 bits per heavy atom. The van der Waals surface area contributed by atoms with Gasteiger partial charge in [0.1, 0.15) is 12.7 Å². The van der Waals surface area contributed by atoms with E-state index in [0.29, 0.717) is 5.11 Å². The number of rotatable bonds is 2.